The van der Waals surface area contributed by atoms with Crippen molar-refractivity contribution in [2.75, 3.05) is 22.9 Å². The van der Waals surface area contributed by atoms with Crippen LogP contribution in [-0.4, -0.2) is 47.7 Å². The molecule has 9 nitrogen and oxygen atoms in total. The number of hydrogen-bond acceptors (Lipinski definition) is 7. The standard InChI is InChI=1S/C18H22N4O5S/c1-2-8-19-16-10-15(20-12-21-16)18(25)22-14-5-3-13(4-6-14)11-28(26,27)9-7-17(23)24/h3-6,10,12H,2,7-9,11H2,1H3,(H,22,25)(H,23,24)(H,19,20,21). The van der Waals surface area contributed by atoms with Gasteiger partial charge >= 0.3 is 5.97 Å². The maximum Gasteiger partial charge on any atom is 0.304 e. The molecule has 1 heterocycles. The Morgan fingerprint density at radius 1 is 1.14 bits per heavy atom. The monoisotopic (exact) mass is 406 g/mol. The molecule has 1 amide bonds. The summed E-state index contributed by atoms with van der Waals surface area (Å²) in [6.07, 6.45) is 1.80. The number of carbonyl (C=O) groups excluding carboxylic acids is 1. The molecule has 10 heteroatoms. The van der Waals surface area contributed by atoms with Gasteiger partial charge in [-0.1, -0.05) is 19.1 Å². The van der Waals surface area contributed by atoms with E-state index in [-0.39, 0.29) is 11.4 Å². The smallest absolute Gasteiger partial charge is 0.304 e. The van der Waals surface area contributed by atoms with E-state index >= 15 is 0 Å². The molecule has 0 saturated heterocycles. The summed E-state index contributed by atoms with van der Waals surface area (Å²) in [6.45, 7) is 2.75. The Bertz CT molecular complexity index is 929. The molecule has 0 atom stereocenters. The summed E-state index contributed by atoms with van der Waals surface area (Å²) < 4.78 is 23.8. The zero-order valence-corrected chi connectivity index (χ0v) is 16.2. The van der Waals surface area contributed by atoms with Crippen LogP contribution in [0.5, 0.6) is 0 Å². The van der Waals surface area contributed by atoms with Crippen LogP contribution in [-0.2, 0) is 20.4 Å². The minimum absolute atomic E-state index is 0.203. The van der Waals surface area contributed by atoms with Gasteiger partial charge in [-0.15, -0.1) is 0 Å². The topological polar surface area (TPSA) is 138 Å². The van der Waals surface area contributed by atoms with Crippen LogP contribution in [0.2, 0.25) is 0 Å². The fraction of sp³-hybridized carbons (Fsp3) is 0.333. The molecule has 0 aliphatic heterocycles. The predicted molar refractivity (Wildman–Crippen MR) is 105 cm³/mol. The number of carboxylic acids is 1. The zero-order chi connectivity index (χ0) is 20.6. The first kappa shape index (κ1) is 21.3. The molecular formula is C18H22N4O5S. The summed E-state index contributed by atoms with van der Waals surface area (Å²) >= 11 is 0. The molecule has 0 radical (unpaired) electrons. The number of carboxylic acid groups (broad SMARTS) is 1. The fourth-order valence-electron chi connectivity index (χ4n) is 2.28. The van der Waals surface area contributed by atoms with Gasteiger partial charge in [0.2, 0.25) is 0 Å². The lowest BCUT2D eigenvalue weighted by atomic mass is 10.2. The molecule has 1 aromatic carbocycles. The number of nitrogens with zero attached hydrogens (tertiary/aromatic N) is 2. The number of rotatable bonds is 10. The van der Waals surface area contributed by atoms with Crippen LogP contribution >= 0.6 is 0 Å². The minimum atomic E-state index is -3.51. The van der Waals surface area contributed by atoms with Crippen LogP contribution in [0, 0.1) is 0 Å². The van der Waals surface area contributed by atoms with Crippen LogP contribution < -0.4 is 10.6 Å². The Kier molecular flexibility index (Phi) is 7.44. The van der Waals surface area contributed by atoms with E-state index in [4.69, 9.17) is 5.11 Å². The molecule has 0 spiro atoms. The van der Waals surface area contributed by atoms with Crippen LogP contribution in [0.25, 0.3) is 0 Å². The van der Waals surface area contributed by atoms with Crippen molar-refractivity contribution in [1.82, 2.24) is 9.97 Å². The highest BCUT2D eigenvalue weighted by atomic mass is 32.2. The number of nitrogens with one attached hydrogen (secondary N) is 2. The first-order chi connectivity index (χ1) is 13.3. The Balaban J connectivity index is 1.98. The third kappa shape index (κ3) is 6.95. The highest BCUT2D eigenvalue weighted by Crippen LogP contribution is 2.14. The maximum atomic E-state index is 12.3. The van der Waals surface area contributed by atoms with Crippen molar-refractivity contribution in [3.05, 3.63) is 47.9 Å². The summed E-state index contributed by atoms with van der Waals surface area (Å²) in [5, 5.41) is 14.4. The first-order valence-corrected chi connectivity index (χ1v) is 10.5. The molecule has 1 aromatic heterocycles. The van der Waals surface area contributed by atoms with E-state index in [1.54, 1.807) is 30.3 Å². The van der Waals surface area contributed by atoms with E-state index in [0.29, 0.717) is 17.1 Å². The first-order valence-electron chi connectivity index (χ1n) is 8.67. The van der Waals surface area contributed by atoms with Crippen molar-refractivity contribution in [3.8, 4) is 0 Å². The largest absolute Gasteiger partial charge is 0.481 e. The predicted octanol–water partition coefficient (Wildman–Crippen LogP) is 1.94. The quantitative estimate of drug-likeness (QED) is 0.544. The number of aromatic nitrogens is 2. The van der Waals surface area contributed by atoms with Gasteiger partial charge in [0, 0.05) is 18.3 Å². The van der Waals surface area contributed by atoms with E-state index in [1.807, 2.05) is 6.92 Å². The number of benzene rings is 1. The summed E-state index contributed by atoms with van der Waals surface area (Å²) in [5.74, 6) is -1.68. The average molecular weight is 406 g/mol. The van der Waals surface area contributed by atoms with E-state index in [1.165, 1.54) is 6.33 Å². The average Bonchev–Trinajstić information content (AvgIpc) is 2.66. The maximum absolute atomic E-state index is 12.3. The number of sulfone groups is 1. The van der Waals surface area contributed by atoms with Crippen molar-refractivity contribution >= 4 is 33.2 Å². The third-order valence-electron chi connectivity index (χ3n) is 3.68. The van der Waals surface area contributed by atoms with Crippen molar-refractivity contribution in [2.45, 2.75) is 25.5 Å². The summed E-state index contributed by atoms with van der Waals surface area (Å²) in [7, 11) is -3.51. The second kappa shape index (κ2) is 9.79. The lowest BCUT2D eigenvalue weighted by molar-refractivity contribution is -0.136. The Morgan fingerprint density at radius 2 is 1.86 bits per heavy atom. The van der Waals surface area contributed by atoms with Gasteiger partial charge in [-0.2, -0.15) is 0 Å². The Morgan fingerprint density at radius 3 is 2.50 bits per heavy atom. The minimum Gasteiger partial charge on any atom is -0.481 e. The van der Waals surface area contributed by atoms with Crippen LogP contribution in [0.3, 0.4) is 0 Å². The second-order valence-electron chi connectivity index (χ2n) is 6.10. The van der Waals surface area contributed by atoms with Crippen LogP contribution in [0.15, 0.2) is 36.7 Å². The van der Waals surface area contributed by atoms with Gasteiger partial charge in [-0.05, 0) is 24.1 Å². The van der Waals surface area contributed by atoms with Crippen LogP contribution in [0.4, 0.5) is 11.5 Å². The van der Waals surface area contributed by atoms with E-state index in [9.17, 15) is 18.0 Å². The van der Waals surface area contributed by atoms with Gasteiger partial charge in [0.15, 0.2) is 9.84 Å². The molecule has 2 aromatic rings. The molecular weight excluding hydrogens is 384 g/mol. The number of hydrogen-bond donors (Lipinski definition) is 3. The molecule has 150 valence electrons. The fourth-order valence-corrected chi connectivity index (χ4v) is 3.61. The van der Waals surface area contributed by atoms with Gasteiger partial charge in [-0.3, -0.25) is 9.59 Å². The van der Waals surface area contributed by atoms with Gasteiger partial charge < -0.3 is 15.7 Å². The van der Waals surface area contributed by atoms with E-state index in [0.717, 1.165) is 13.0 Å². The number of aliphatic carboxylic acids is 1. The van der Waals surface area contributed by atoms with Gasteiger partial charge in [0.1, 0.15) is 17.8 Å². The zero-order valence-electron chi connectivity index (χ0n) is 15.4. The number of anilines is 2. The third-order valence-corrected chi connectivity index (χ3v) is 5.28. The summed E-state index contributed by atoms with van der Waals surface area (Å²) in [6, 6.07) is 7.85. The molecule has 0 saturated carbocycles. The molecule has 3 N–H and O–H groups in total. The summed E-state index contributed by atoms with van der Waals surface area (Å²) in [5.41, 5.74) is 1.20. The number of carbonyl (C=O) groups is 2. The van der Waals surface area contributed by atoms with Crippen LogP contribution in [0.1, 0.15) is 35.8 Å². The van der Waals surface area contributed by atoms with E-state index in [2.05, 4.69) is 20.6 Å². The molecule has 28 heavy (non-hydrogen) atoms. The lowest BCUT2D eigenvalue weighted by Crippen LogP contribution is -2.15. The normalized spacial score (nSPS) is 11.0. The molecule has 0 fully saturated rings. The van der Waals surface area contributed by atoms with Crippen molar-refractivity contribution in [2.24, 2.45) is 0 Å². The highest BCUT2D eigenvalue weighted by Gasteiger charge is 2.14. The molecule has 0 bridgehead atoms. The summed E-state index contributed by atoms with van der Waals surface area (Å²) in [4.78, 5) is 30.8. The van der Waals surface area contributed by atoms with Crippen molar-refractivity contribution < 1.29 is 23.1 Å². The van der Waals surface area contributed by atoms with Gasteiger partial charge in [-0.25, -0.2) is 18.4 Å². The Hall–Kier alpha value is -3.01. The molecule has 0 aliphatic carbocycles. The molecule has 0 aliphatic rings. The van der Waals surface area contributed by atoms with Gasteiger partial charge in [0.05, 0.1) is 17.9 Å². The molecule has 0 unspecified atom stereocenters. The van der Waals surface area contributed by atoms with Gasteiger partial charge in [0.25, 0.3) is 5.91 Å². The lowest BCUT2D eigenvalue weighted by Gasteiger charge is -2.08. The number of amides is 1. The second-order valence-corrected chi connectivity index (χ2v) is 8.29. The molecule has 2 rings (SSSR count). The Labute approximate surface area is 163 Å². The highest BCUT2D eigenvalue weighted by molar-refractivity contribution is 7.90. The van der Waals surface area contributed by atoms with E-state index < -0.39 is 33.9 Å². The van der Waals surface area contributed by atoms with Crippen molar-refractivity contribution in [1.29, 1.82) is 0 Å². The van der Waals surface area contributed by atoms with Crippen molar-refractivity contribution in [3.63, 3.8) is 0 Å². The SMILES string of the molecule is CCCNc1cc(C(=O)Nc2ccc(CS(=O)(=O)CCC(=O)O)cc2)ncn1.